The summed E-state index contributed by atoms with van der Waals surface area (Å²) in [5, 5.41) is 4.53. The molecule has 0 bridgehead atoms. The molecule has 1 aliphatic carbocycles. The van der Waals surface area contributed by atoms with Crippen molar-refractivity contribution in [1.29, 1.82) is 0 Å². The van der Waals surface area contributed by atoms with Crippen molar-refractivity contribution >= 4 is 11.8 Å². The lowest BCUT2D eigenvalue weighted by molar-refractivity contribution is 0.119. The summed E-state index contributed by atoms with van der Waals surface area (Å²) >= 11 is 2.02. The maximum Gasteiger partial charge on any atom is 0.110 e. The standard InChI is InChI=1S/C12H21NOS/c1-15-12-6-5-10(8-12)13-9-11-4-2-3-7-14-11/h3,7,10-13H,2,4-6,8-9H2,1H3. The molecule has 1 aliphatic heterocycles. The quantitative estimate of drug-likeness (QED) is 0.797. The van der Waals surface area contributed by atoms with Gasteiger partial charge in [-0.15, -0.1) is 0 Å². The summed E-state index contributed by atoms with van der Waals surface area (Å²) in [6.07, 6.45) is 13.0. The number of allylic oxidation sites excluding steroid dienone is 1. The molecule has 0 aromatic heterocycles. The third-order valence-electron chi connectivity index (χ3n) is 3.37. The smallest absolute Gasteiger partial charge is 0.110 e. The largest absolute Gasteiger partial charge is 0.497 e. The zero-order chi connectivity index (χ0) is 10.5. The Labute approximate surface area is 96.8 Å². The van der Waals surface area contributed by atoms with E-state index in [0.717, 1.165) is 17.8 Å². The lowest BCUT2D eigenvalue weighted by Crippen LogP contribution is -2.35. The molecule has 0 radical (unpaired) electrons. The average molecular weight is 227 g/mol. The molecule has 86 valence electrons. The summed E-state index contributed by atoms with van der Waals surface area (Å²) in [5.74, 6) is 0. The van der Waals surface area contributed by atoms with E-state index in [2.05, 4.69) is 17.6 Å². The van der Waals surface area contributed by atoms with Gasteiger partial charge in [-0.3, -0.25) is 0 Å². The van der Waals surface area contributed by atoms with E-state index >= 15 is 0 Å². The third kappa shape index (κ3) is 3.42. The van der Waals surface area contributed by atoms with Gasteiger partial charge in [-0.25, -0.2) is 0 Å². The second-order valence-corrected chi connectivity index (χ2v) is 5.62. The van der Waals surface area contributed by atoms with Crippen LogP contribution in [0.2, 0.25) is 0 Å². The molecule has 3 heteroatoms. The Kier molecular flexibility index (Phi) is 4.39. The van der Waals surface area contributed by atoms with Crippen LogP contribution in [0.1, 0.15) is 32.1 Å². The van der Waals surface area contributed by atoms with E-state index < -0.39 is 0 Å². The highest BCUT2D eigenvalue weighted by Crippen LogP contribution is 2.28. The van der Waals surface area contributed by atoms with Crippen LogP contribution < -0.4 is 5.32 Å². The monoisotopic (exact) mass is 227 g/mol. The number of ether oxygens (including phenoxy) is 1. The number of hydrogen-bond acceptors (Lipinski definition) is 3. The first-order valence-corrected chi connectivity index (χ1v) is 7.24. The van der Waals surface area contributed by atoms with Gasteiger partial charge in [-0.2, -0.15) is 11.8 Å². The van der Waals surface area contributed by atoms with Crippen LogP contribution in [0.5, 0.6) is 0 Å². The number of nitrogens with one attached hydrogen (secondary N) is 1. The van der Waals surface area contributed by atoms with Crippen molar-refractivity contribution in [3.8, 4) is 0 Å². The van der Waals surface area contributed by atoms with E-state index in [1.165, 1.54) is 32.1 Å². The minimum Gasteiger partial charge on any atom is -0.497 e. The molecule has 2 aliphatic rings. The molecule has 0 amide bonds. The normalized spacial score (nSPS) is 35.4. The maximum absolute atomic E-state index is 5.54. The van der Waals surface area contributed by atoms with E-state index in [9.17, 15) is 0 Å². The first-order chi connectivity index (χ1) is 7.38. The SMILES string of the molecule is CSC1CCC(NCC2CCC=CO2)C1. The van der Waals surface area contributed by atoms with Gasteiger partial charge in [0.25, 0.3) is 0 Å². The van der Waals surface area contributed by atoms with Gasteiger partial charge in [0, 0.05) is 17.8 Å². The van der Waals surface area contributed by atoms with Gasteiger partial charge in [-0.05, 0) is 44.4 Å². The van der Waals surface area contributed by atoms with Crippen LogP contribution in [0.25, 0.3) is 0 Å². The molecule has 1 saturated carbocycles. The van der Waals surface area contributed by atoms with Gasteiger partial charge in [0.05, 0.1) is 6.26 Å². The summed E-state index contributed by atoms with van der Waals surface area (Å²) in [6.45, 7) is 1.02. The van der Waals surface area contributed by atoms with Crippen molar-refractivity contribution in [2.24, 2.45) is 0 Å². The van der Waals surface area contributed by atoms with Crippen LogP contribution in [0, 0.1) is 0 Å². The summed E-state index contributed by atoms with van der Waals surface area (Å²) < 4.78 is 5.54. The first-order valence-electron chi connectivity index (χ1n) is 5.95. The van der Waals surface area contributed by atoms with E-state index in [0.29, 0.717) is 6.10 Å². The second-order valence-electron chi connectivity index (χ2n) is 4.48. The fourth-order valence-electron chi connectivity index (χ4n) is 2.37. The minimum atomic E-state index is 0.406. The highest BCUT2D eigenvalue weighted by Gasteiger charge is 2.24. The third-order valence-corrected chi connectivity index (χ3v) is 4.47. The van der Waals surface area contributed by atoms with E-state index in [1.54, 1.807) is 0 Å². The predicted octanol–water partition coefficient (Wildman–Crippen LogP) is 2.55. The van der Waals surface area contributed by atoms with Crippen LogP contribution in [-0.4, -0.2) is 30.2 Å². The lowest BCUT2D eigenvalue weighted by Gasteiger charge is -2.22. The zero-order valence-electron chi connectivity index (χ0n) is 9.45. The van der Waals surface area contributed by atoms with Gasteiger partial charge >= 0.3 is 0 Å². The van der Waals surface area contributed by atoms with E-state index in [-0.39, 0.29) is 0 Å². The molecule has 0 aromatic rings. The highest BCUT2D eigenvalue weighted by molar-refractivity contribution is 7.99. The molecule has 3 unspecified atom stereocenters. The Morgan fingerprint density at radius 3 is 3.00 bits per heavy atom. The Morgan fingerprint density at radius 2 is 2.33 bits per heavy atom. The van der Waals surface area contributed by atoms with Crippen molar-refractivity contribution in [3.63, 3.8) is 0 Å². The van der Waals surface area contributed by atoms with E-state index in [4.69, 9.17) is 4.74 Å². The topological polar surface area (TPSA) is 21.3 Å². The van der Waals surface area contributed by atoms with Crippen LogP contribution in [0.4, 0.5) is 0 Å². The summed E-state index contributed by atoms with van der Waals surface area (Å²) in [6, 6.07) is 0.733. The summed E-state index contributed by atoms with van der Waals surface area (Å²) in [5.41, 5.74) is 0. The van der Waals surface area contributed by atoms with Crippen LogP contribution in [-0.2, 0) is 4.74 Å². The van der Waals surface area contributed by atoms with Gasteiger partial charge in [-0.1, -0.05) is 0 Å². The van der Waals surface area contributed by atoms with Crippen molar-refractivity contribution in [2.45, 2.75) is 49.5 Å². The minimum absolute atomic E-state index is 0.406. The average Bonchev–Trinajstić information content (AvgIpc) is 2.76. The molecule has 15 heavy (non-hydrogen) atoms. The molecular formula is C12H21NOS. The van der Waals surface area contributed by atoms with Crippen LogP contribution >= 0.6 is 11.8 Å². The fourth-order valence-corrected chi connectivity index (χ4v) is 3.17. The zero-order valence-corrected chi connectivity index (χ0v) is 10.3. The molecular weight excluding hydrogens is 206 g/mol. The number of thioether (sulfide) groups is 1. The van der Waals surface area contributed by atoms with Crippen molar-refractivity contribution in [3.05, 3.63) is 12.3 Å². The van der Waals surface area contributed by atoms with Gasteiger partial charge < -0.3 is 10.1 Å². The van der Waals surface area contributed by atoms with E-state index in [1.807, 2.05) is 18.0 Å². The maximum atomic E-state index is 5.54. The Bertz CT molecular complexity index is 220. The molecule has 2 rings (SSSR count). The van der Waals surface area contributed by atoms with Crippen molar-refractivity contribution in [2.75, 3.05) is 12.8 Å². The van der Waals surface area contributed by atoms with Crippen LogP contribution in [0.3, 0.4) is 0 Å². The van der Waals surface area contributed by atoms with Gasteiger partial charge in [0.15, 0.2) is 0 Å². The van der Waals surface area contributed by atoms with Crippen molar-refractivity contribution in [1.82, 2.24) is 5.32 Å². The summed E-state index contributed by atoms with van der Waals surface area (Å²) in [7, 11) is 0. The molecule has 1 N–H and O–H groups in total. The molecule has 0 spiro atoms. The lowest BCUT2D eigenvalue weighted by atomic mass is 10.1. The highest BCUT2D eigenvalue weighted by atomic mass is 32.2. The summed E-state index contributed by atoms with van der Waals surface area (Å²) in [4.78, 5) is 0. The molecule has 3 atom stereocenters. The molecule has 1 heterocycles. The predicted molar refractivity (Wildman–Crippen MR) is 66.2 cm³/mol. The Hall–Kier alpha value is -0.150. The van der Waals surface area contributed by atoms with Crippen molar-refractivity contribution < 1.29 is 4.74 Å². The molecule has 1 fully saturated rings. The Balaban J connectivity index is 1.63. The second kappa shape index (κ2) is 5.80. The number of hydrogen-bond donors (Lipinski definition) is 1. The first kappa shape index (κ1) is 11.3. The molecule has 0 saturated heterocycles. The molecule has 0 aromatic carbocycles. The van der Waals surface area contributed by atoms with Crippen LogP contribution in [0.15, 0.2) is 12.3 Å². The van der Waals surface area contributed by atoms with Gasteiger partial charge in [0.2, 0.25) is 0 Å². The number of rotatable bonds is 4. The Morgan fingerprint density at radius 1 is 1.40 bits per heavy atom. The fraction of sp³-hybridized carbons (Fsp3) is 0.833. The van der Waals surface area contributed by atoms with Gasteiger partial charge in [0.1, 0.15) is 6.10 Å². The molecule has 2 nitrogen and oxygen atoms in total.